The number of benzene rings is 3. The lowest BCUT2D eigenvalue weighted by atomic mass is 10.2. The van der Waals surface area contributed by atoms with Gasteiger partial charge in [-0.25, -0.2) is 4.98 Å². The zero-order valence-corrected chi connectivity index (χ0v) is 22.1. The van der Waals surface area contributed by atoms with Crippen LogP contribution in [-0.4, -0.2) is 21.1 Å². The molecule has 0 aliphatic heterocycles. The fourth-order valence-corrected chi connectivity index (χ4v) is 4.41. The molecule has 0 fully saturated rings. The molecular weight excluding hydrogens is 545 g/mol. The van der Waals surface area contributed by atoms with E-state index in [9.17, 15) is 9.90 Å². The summed E-state index contributed by atoms with van der Waals surface area (Å²) < 4.78 is 11.5. The molecule has 0 bridgehead atoms. The van der Waals surface area contributed by atoms with Crippen molar-refractivity contribution in [3.05, 3.63) is 94.2 Å². The Morgan fingerprint density at radius 2 is 1.82 bits per heavy atom. The first-order valence-corrected chi connectivity index (χ1v) is 12.5. The van der Waals surface area contributed by atoms with E-state index in [1.165, 1.54) is 18.2 Å². The molecule has 0 aliphatic rings. The summed E-state index contributed by atoms with van der Waals surface area (Å²) in [5, 5.41) is 17.0. The van der Waals surface area contributed by atoms with Crippen LogP contribution >= 0.6 is 35.4 Å². The standard InChI is InChI=1S/C28H19Cl2N3O4S/c1-15-2-9-22-25(12-15)37-27(32-22)20-8-4-17(14-23(20)34)31-28(38)33-26(35)11-6-18-5-10-24(36-18)19-7-3-16(29)13-21(19)30/h2-14,34H,1H3,(H2,31,33,35,38)/b11-6+. The summed E-state index contributed by atoms with van der Waals surface area (Å²) in [5.74, 6) is 0.777. The third kappa shape index (κ3) is 5.73. The second-order valence-electron chi connectivity index (χ2n) is 8.33. The number of carbonyl (C=O) groups is 1. The molecule has 190 valence electrons. The fourth-order valence-electron chi connectivity index (χ4n) is 3.69. The number of hydrogen-bond acceptors (Lipinski definition) is 6. The quantitative estimate of drug-likeness (QED) is 0.149. The molecule has 0 spiro atoms. The number of thiocarbonyl (C=S) groups is 1. The van der Waals surface area contributed by atoms with Crippen molar-refractivity contribution in [2.45, 2.75) is 6.92 Å². The summed E-state index contributed by atoms with van der Waals surface area (Å²) in [6.07, 6.45) is 2.79. The van der Waals surface area contributed by atoms with Crippen molar-refractivity contribution in [2.75, 3.05) is 5.32 Å². The third-order valence-corrected chi connectivity index (χ3v) is 6.24. The van der Waals surface area contributed by atoms with Crippen LogP contribution in [0, 0.1) is 6.92 Å². The van der Waals surface area contributed by atoms with Gasteiger partial charge in [-0.05, 0) is 85.4 Å². The lowest BCUT2D eigenvalue weighted by Gasteiger charge is -2.09. The number of hydrogen-bond donors (Lipinski definition) is 3. The number of anilines is 1. The largest absolute Gasteiger partial charge is 0.507 e. The summed E-state index contributed by atoms with van der Waals surface area (Å²) >= 11 is 17.4. The van der Waals surface area contributed by atoms with Crippen LogP contribution in [-0.2, 0) is 4.79 Å². The summed E-state index contributed by atoms with van der Waals surface area (Å²) in [4.78, 5) is 16.8. The molecule has 5 rings (SSSR count). The third-order valence-electron chi connectivity index (χ3n) is 5.49. The van der Waals surface area contributed by atoms with E-state index in [0.29, 0.717) is 55.4 Å². The molecule has 0 saturated heterocycles. The van der Waals surface area contributed by atoms with E-state index in [-0.39, 0.29) is 10.9 Å². The molecule has 1 amide bonds. The zero-order valence-electron chi connectivity index (χ0n) is 19.8. The number of aryl methyl sites for hydroxylation is 1. The molecule has 0 radical (unpaired) electrons. The Kier molecular flexibility index (Phi) is 7.20. The predicted molar refractivity (Wildman–Crippen MR) is 153 cm³/mol. The molecule has 0 unspecified atom stereocenters. The highest BCUT2D eigenvalue weighted by Crippen LogP contribution is 2.34. The Morgan fingerprint density at radius 3 is 2.61 bits per heavy atom. The number of carbonyl (C=O) groups excluding carboxylic acids is 1. The summed E-state index contributed by atoms with van der Waals surface area (Å²) in [6.45, 7) is 1.96. The molecule has 3 N–H and O–H groups in total. The number of fused-ring (bicyclic) bond motifs is 1. The Hall–Kier alpha value is -4.11. The minimum Gasteiger partial charge on any atom is -0.507 e. The van der Waals surface area contributed by atoms with Crippen molar-refractivity contribution in [1.82, 2.24) is 10.3 Å². The fraction of sp³-hybridized carbons (Fsp3) is 0.0357. The van der Waals surface area contributed by atoms with Crippen LogP contribution in [0.5, 0.6) is 5.75 Å². The lowest BCUT2D eigenvalue weighted by molar-refractivity contribution is -0.115. The van der Waals surface area contributed by atoms with Crippen LogP contribution in [0.15, 0.2) is 81.6 Å². The number of oxazole rings is 1. The molecule has 2 aromatic heterocycles. The van der Waals surface area contributed by atoms with Crippen LogP contribution in [0.3, 0.4) is 0 Å². The molecule has 0 aliphatic carbocycles. The molecule has 2 heterocycles. The van der Waals surface area contributed by atoms with Crippen molar-refractivity contribution < 1.29 is 18.7 Å². The van der Waals surface area contributed by atoms with Crippen molar-refractivity contribution in [3.8, 4) is 28.5 Å². The van der Waals surface area contributed by atoms with Crippen molar-refractivity contribution in [3.63, 3.8) is 0 Å². The van der Waals surface area contributed by atoms with Crippen molar-refractivity contribution >= 4 is 69.3 Å². The van der Waals surface area contributed by atoms with E-state index in [1.54, 1.807) is 42.5 Å². The monoisotopic (exact) mass is 563 g/mol. The van der Waals surface area contributed by atoms with Crippen LogP contribution in [0.25, 0.3) is 40.0 Å². The smallest absolute Gasteiger partial charge is 0.250 e. The van der Waals surface area contributed by atoms with Crippen LogP contribution in [0.1, 0.15) is 11.3 Å². The number of nitrogens with one attached hydrogen (secondary N) is 2. The van der Waals surface area contributed by atoms with Crippen molar-refractivity contribution in [1.29, 1.82) is 0 Å². The number of rotatable bonds is 5. The molecule has 0 saturated carbocycles. The van der Waals surface area contributed by atoms with Gasteiger partial charge in [0.1, 0.15) is 22.8 Å². The number of furan rings is 1. The maximum Gasteiger partial charge on any atom is 0.250 e. The highest BCUT2D eigenvalue weighted by molar-refractivity contribution is 7.80. The van der Waals surface area contributed by atoms with E-state index in [4.69, 9.17) is 44.3 Å². The average Bonchev–Trinajstić information content (AvgIpc) is 3.49. The number of amides is 1. The van der Waals surface area contributed by atoms with Gasteiger partial charge in [0, 0.05) is 28.4 Å². The molecule has 5 aromatic rings. The molecular formula is C28H19Cl2N3O4S. The SMILES string of the molecule is Cc1ccc2nc(-c3ccc(NC(=S)NC(=O)/C=C/c4ccc(-c5ccc(Cl)cc5Cl)o4)cc3O)oc2c1. The lowest BCUT2D eigenvalue weighted by Crippen LogP contribution is -2.32. The van der Waals surface area contributed by atoms with Crippen molar-refractivity contribution in [2.24, 2.45) is 0 Å². The topological polar surface area (TPSA) is 101 Å². The van der Waals surface area contributed by atoms with Gasteiger partial charge in [-0.3, -0.25) is 10.1 Å². The first-order valence-electron chi connectivity index (χ1n) is 11.3. The molecule has 10 heteroatoms. The molecule has 38 heavy (non-hydrogen) atoms. The van der Waals surface area contributed by atoms with E-state index in [2.05, 4.69) is 15.6 Å². The van der Waals surface area contributed by atoms with Gasteiger partial charge in [0.2, 0.25) is 11.8 Å². The maximum absolute atomic E-state index is 12.3. The zero-order chi connectivity index (χ0) is 26.8. The Labute approximate surface area is 232 Å². The first-order chi connectivity index (χ1) is 18.2. The number of phenolic OH excluding ortho intramolecular Hbond substituents is 1. The summed E-state index contributed by atoms with van der Waals surface area (Å²) in [5.41, 5.74) is 3.97. The van der Waals surface area contributed by atoms with Crippen LogP contribution in [0.2, 0.25) is 10.0 Å². The van der Waals surface area contributed by atoms with E-state index >= 15 is 0 Å². The first kappa shape index (κ1) is 25.5. The molecule has 7 nitrogen and oxygen atoms in total. The second-order valence-corrected chi connectivity index (χ2v) is 9.58. The summed E-state index contributed by atoms with van der Waals surface area (Å²) in [7, 11) is 0. The average molecular weight is 564 g/mol. The number of aromatic nitrogens is 1. The highest BCUT2D eigenvalue weighted by Gasteiger charge is 2.14. The number of aromatic hydroxyl groups is 1. The maximum atomic E-state index is 12.3. The van der Waals surface area contributed by atoms with Gasteiger partial charge in [-0.15, -0.1) is 0 Å². The minimum absolute atomic E-state index is 0.0530. The number of nitrogens with zero attached hydrogens (tertiary/aromatic N) is 1. The van der Waals surface area contributed by atoms with E-state index in [1.807, 2.05) is 25.1 Å². The van der Waals surface area contributed by atoms with E-state index in [0.717, 1.165) is 5.56 Å². The Balaban J connectivity index is 1.20. The van der Waals surface area contributed by atoms with E-state index < -0.39 is 5.91 Å². The number of halogens is 2. The number of phenols is 1. The second kappa shape index (κ2) is 10.7. The normalized spacial score (nSPS) is 11.2. The van der Waals surface area contributed by atoms with Gasteiger partial charge in [0.15, 0.2) is 10.7 Å². The van der Waals surface area contributed by atoms with Gasteiger partial charge in [0.05, 0.1) is 10.6 Å². The Morgan fingerprint density at radius 1 is 1.00 bits per heavy atom. The Bertz CT molecular complexity index is 1720. The molecule has 3 aromatic carbocycles. The van der Waals surface area contributed by atoms with Crippen LogP contribution < -0.4 is 10.6 Å². The minimum atomic E-state index is -0.465. The predicted octanol–water partition coefficient (Wildman–Crippen LogP) is 7.60. The highest BCUT2D eigenvalue weighted by atomic mass is 35.5. The van der Waals surface area contributed by atoms with Gasteiger partial charge in [0.25, 0.3) is 0 Å². The van der Waals surface area contributed by atoms with Crippen LogP contribution in [0.4, 0.5) is 5.69 Å². The van der Waals surface area contributed by atoms with Gasteiger partial charge >= 0.3 is 0 Å². The summed E-state index contributed by atoms with van der Waals surface area (Å²) in [6, 6.07) is 19.1. The molecule has 0 atom stereocenters. The van der Waals surface area contributed by atoms with Gasteiger partial charge < -0.3 is 19.3 Å². The van der Waals surface area contributed by atoms with Gasteiger partial charge in [-0.1, -0.05) is 29.3 Å². The van der Waals surface area contributed by atoms with Gasteiger partial charge in [-0.2, -0.15) is 0 Å².